The predicted octanol–water partition coefficient (Wildman–Crippen LogP) is 7.26. The maximum Gasteiger partial charge on any atom is 0.123 e. The molecule has 0 aliphatic rings. The van der Waals surface area contributed by atoms with Gasteiger partial charge in [-0.25, -0.2) is 20.5 Å². The smallest absolute Gasteiger partial charge is 0.123 e. The van der Waals surface area contributed by atoms with E-state index in [0.717, 1.165) is 11.3 Å². The van der Waals surface area contributed by atoms with Crippen LogP contribution in [0.2, 0.25) is 0 Å². The Balaban J connectivity index is 0.000000678. The average molecular weight is 575 g/mol. The van der Waals surface area contributed by atoms with Crippen LogP contribution in [-0.2, 0) is 0 Å². The number of hydrazine groups is 2. The van der Waals surface area contributed by atoms with E-state index in [-0.39, 0.29) is 11.6 Å². The fourth-order valence-electron chi connectivity index (χ4n) is 2.99. The standard InChI is InChI=1S/C14H13F2N3.C14H19N3.C4H6.C2H6/c15-11-3-1-10(2-4-11)14(17)9-19(18)13-7-5-12(16)6-8-13;1-3-8-13(4-2)17(16)11-14(15)12-9-6-5-7-10-12;1-3-4-2;1-2/h1-9H,17-18H2;3-11H,15-16H2,1-2H3;1-2H3;1-2H3/b14-9-;8-3-,13-4+,14-11-;;. The normalized spacial score (nSPS) is 11.0. The molecule has 224 valence electrons. The van der Waals surface area contributed by atoms with E-state index < -0.39 is 0 Å². The molecule has 0 spiro atoms. The molecule has 0 radical (unpaired) electrons. The predicted molar refractivity (Wildman–Crippen MR) is 175 cm³/mol. The van der Waals surface area contributed by atoms with E-state index >= 15 is 0 Å². The van der Waals surface area contributed by atoms with E-state index in [1.54, 1.807) is 18.3 Å². The lowest BCUT2D eigenvalue weighted by molar-refractivity contribution is 0.508. The maximum absolute atomic E-state index is 12.8. The second-order valence-electron chi connectivity index (χ2n) is 8.05. The van der Waals surface area contributed by atoms with Crippen molar-refractivity contribution in [3.63, 3.8) is 0 Å². The highest BCUT2D eigenvalue weighted by Gasteiger charge is 2.03. The number of anilines is 1. The van der Waals surface area contributed by atoms with Crippen LogP contribution in [0.4, 0.5) is 14.5 Å². The number of nitrogens with two attached hydrogens (primary N) is 4. The fraction of sp³-hybridized carbons (Fsp3) is 0.176. The van der Waals surface area contributed by atoms with Crippen molar-refractivity contribution in [2.45, 2.75) is 41.5 Å². The maximum atomic E-state index is 12.8. The van der Waals surface area contributed by atoms with Crippen molar-refractivity contribution < 1.29 is 8.78 Å². The summed E-state index contributed by atoms with van der Waals surface area (Å²) in [4.78, 5) is 0. The minimum Gasteiger partial charge on any atom is -0.397 e. The summed E-state index contributed by atoms with van der Waals surface area (Å²) in [6.45, 7) is 11.5. The quantitative estimate of drug-likeness (QED) is 0.102. The van der Waals surface area contributed by atoms with Crippen molar-refractivity contribution in [1.82, 2.24) is 5.01 Å². The van der Waals surface area contributed by atoms with Gasteiger partial charge in [-0.05, 0) is 93.4 Å². The van der Waals surface area contributed by atoms with Gasteiger partial charge in [0.05, 0.1) is 22.8 Å². The van der Waals surface area contributed by atoms with Gasteiger partial charge in [-0.2, -0.15) is 0 Å². The molecule has 6 nitrogen and oxygen atoms in total. The van der Waals surface area contributed by atoms with Crippen molar-refractivity contribution in [3.05, 3.63) is 138 Å². The van der Waals surface area contributed by atoms with E-state index in [2.05, 4.69) is 11.8 Å². The molecule has 0 aromatic heterocycles. The van der Waals surface area contributed by atoms with Crippen LogP contribution in [-0.4, -0.2) is 5.01 Å². The number of halogens is 2. The molecule has 0 saturated carbocycles. The third kappa shape index (κ3) is 14.5. The average Bonchev–Trinajstić information content (AvgIpc) is 3.02. The lowest BCUT2D eigenvalue weighted by atomic mass is 10.2. The van der Waals surface area contributed by atoms with Crippen LogP contribution in [0.15, 0.2) is 115 Å². The van der Waals surface area contributed by atoms with Gasteiger partial charge >= 0.3 is 0 Å². The molecular formula is C34H44F2N6. The first-order chi connectivity index (χ1) is 20.2. The molecule has 0 bridgehead atoms. The number of hydrogen-bond acceptors (Lipinski definition) is 6. The summed E-state index contributed by atoms with van der Waals surface area (Å²) >= 11 is 0. The van der Waals surface area contributed by atoms with Crippen LogP contribution in [0.3, 0.4) is 0 Å². The summed E-state index contributed by atoms with van der Waals surface area (Å²) in [6.07, 6.45) is 8.98. The van der Waals surface area contributed by atoms with Crippen LogP contribution < -0.4 is 28.2 Å². The first-order valence-electron chi connectivity index (χ1n) is 13.4. The summed E-state index contributed by atoms with van der Waals surface area (Å²) < 4.78 is 25.6. The third-order valence-corrected chi connectivity index (χ3v) is 5.15. The Bertz CT molecular complexity index is 1330. The van der Waals surface area contributed by atoms with E-state index in [1.807, 2.05) is 90.1 Å². The number of rotatable bonds is 7. The Morgan fingerprint density at radius 2 is 1.14 bits per heavy atom. The lowest BCUT2D eigenvalue weighted by Gasteiger charge is -2.16. The molecule has 0 atom stereocenters. The number of allylic oxidation sites excluding steroid dienone is 3. The summed E-state index contributed by atoms with van der Waals surface area (Å²) in [6, 6.07) is 21.1. The van der Waals surface area contributed by atoms with Crippen LogP contribution in [0, 0.1) is 23.5 Å². The Kier molecular flexibility index (Phi) is 19.4. The first-order valence-corrected chi connectivity index (χ1v) is 13.4. The molecule has 3 aromatic rings. The summed E-state index contributed by atoms with van der Waals surface area (Å²) in [5.74, 6) is 16.4. The SMILES string of the molecule is C/C=C\C(=C/C)N(N)/C=C(\N)c1ccccc1.CC.CC#CC.N/C(=C\N(N)c1ccc(F)cc1)c1ccc(F)cc1. The van der Waals surface area contributed by atoms with Gasteiger partial charge < -0.3 is 11.5 Å². The number of hydrogen-bond donors (Lipinski definition) is 4. The third-order valence-electron chi connectivity index (χ3n) is 5.15. The minimum atomic E-state index is -0.340. The molecule has 0 fully saturated rings. The van der Waals surface area contributed by atoms with Gasteiger partial charge in [0.2, 0.25) is 0 Å². The molecule has 42 heavy (non-hydrogen) atoms. The van der Waals surface area contributed by atoms with Gasteiger partial charge in [-0.3, -0.25) is 10.0 Å². The van der Waals surface area contributed by atoms with E-state index in [9.17, 15) is 8.78 Å². The van der Waals surface area contributed by atoms with Crippen molar-refractivity contribution in [2.24, 2.45) is 23.2 Å². The van der Waals surface area contributed by atoms with Gasteiger partial charge in [0, 0.05) is 12.4 Å². The molecule has 0 aliphatic heterocycles. The molecule has 0 saturated heterocycles. The Hall–Kier alpha value is -4.84. The lowest BCUT2D eigenvalue weighted by Crippen LogP contribution is -2.25. The van der Waals surface area contributed by atoms with Crippen molar-refractivity contribution in [1.29, 1.82) is 0 Å². The van der Waals surface area contributed by atoms with Gasteiger partial charge in [0.25, 0.3) is 0 Å². The topological polar surface area (TPSA) is 111 Å². The highest BCUT2D eigenvalue weighted by Crippen LogP contribution is 2.16. The van der Waals surface area contributed by atoms with Crippen LogP contribution in [0.25, 0.3) is 11.4 Å². The van der Waals surface area contributed by atoms with Crippen molar-refractivity contribution in [2.75, 3.05) is 5.01 Å². The molecule has 3 rings (SSSR count). The minimum absolute atomic E-state index is 0.334. The second-order valence-corrected chi connectivity index (χ2v) is 8.05. The summed E-state index contributed by atoms with van der Waals surface area (Å²) in [7, 11) is 0. The summed E-state index contributed by atoms with van der Waals surface area (Å²) in [5.41, 5.74) is 15.9. The van der Waals surface area contributed by atoms with Crippen molar-refractivity contribution in [3.8, 4) is 11.8 Å². The molecular weight excluding hydrogens is 530 g/mol. The number of nitrogens with zero attached hydrogens (tertiary/aromatic N) is 2. The van der Waals surface area contributed by atoms with E-state index in [4.69, 9.17) is 23.2 Å². The molecule has 8 heteroatoms. The fourth-order valence-corrected chi connectivity index (χ4v) is 2.99. The summed E-state index contributed by atoms with van der Waals surface area (Å²) in [5, 5.41) is 2.79. The van der Waals surface area contributed by atoms with Gasteiger partial charge in [0.1, 0.15) is 11.6 Å². The Morgan fingerprint density at radius 3 is 1.60 bits per heavy atom. The van der Waals surface area contributed by atoms with Gasteiger partial charge in [-0.15, -0.1) is 11.8 Å². The molecule has 8 N–H and O–H groups in total. The zero-order valence-corrected chi connectivity index (χ0v) is 25.4. The van der Waals surface area contributed by atoms with Crippen LogP contribution in [0.1, 0.15) is 52.7 Å². The van der Waals surface area contributed by atoms with Gasteiger partial charge in [0.15, 0.2) is 0 Å². The Labute approximate surface area is 250 Å². The number of benzene rings is 3. The zero-order valence-electron chi connectivity index (χ0n) is 25.4. The van der Waals surface area contributed by atoms with E-state index in [1.165, 1.54) is 52.6 Å². The molecule has 0 amide bonds. The van der Waals surface area contributed by atoms with Crippen molar-refractivity contribution >= 4 is 17.1 Å². The van der Waals surface area contributed by atoms with Gasteiger partial charge in [-0.1, -0.05) is 56.3 Å². The highest BCUT2D eigenvalue weighted by molar-refractivity contribution is 5.66. The highest BCUT2D eigenvalue weighted by atomic mass is 19.1. The largest absolute Gasteiger partial charge is 0.397 e. The molecule has 3 aromatic carbocycles. The zero-order chi connectivity index (χ0) is 31.9. The molecule has 0 unspecified atom stereocenters. The second kappa shape index (κ2) is 21.9. The molecule has 0 heterocycles. The van der Waals surface area contributed by atoms with Crippen LogP contribution >= 0.6 is 0 Å². The first kappa shape index (κ1) is 37.2. The van der Waals surface area contributed by atoms with Crippen LogP contribution in [0.5, 0.6) is 0 Å². The molecule has 0 aliphatic carbocycles. The Morgan fingerprint density at radius 1 is 0.690 bits per heavy atom. The van der Waals surface area contributed by atoms with E-state index in [0.29, 0.717) is 22.6 Å². The monoisotopic (exact) mass is 574 g/mol.